The van der Waals surface area contributed by atoms with E-state index in [0.717, 1.165) is 32.0 Å². The third-order valence-corrected chi connectivity index (χ3v) is 4.90. The van der Waals surface area contributed by atoms with Crippen LogP contribution in [0.1, 0.15) is 37.0 Å². The van der Waals surface area contributed by atoms with Gasteiger partial charge in [-0.05, 0) is 36.5 Å². The smallest absolute Gasteiger partial charge is 0.337 e. The summed E-state index contributed by atoms with van der Waals surface area (Å²) in [4.78, 5) is 13.2. The maximum absolute atomic E-state index is 11.4. The molecule has 1 aliphatic rings. The van der Waals surface area contributed by atoms with Gasteiger partial charge in [0.05, 0.1) is 16.1 Å². The van der Waals surface area contributed by atoms with E-state index in [0.29, 0.717) is 5.69 Å². The van der Waals surface area contributed by atoms with Crippen LogP contribution >= 0.6 is 0 Å². The van der Waals surface area contributed by atoms with Gasteiger partial charge in [-0.3, -0.25) is 0 Å². The number of hydrogen-bond acceptors (Lipinski definition) is 4. The number of benzene rings is 1. The van der Waals surface area contributed by atoms with E-state index in [-0.39, 0.29) is 15.9 Å². The zero-order chi connectivity index (χ0) is 15.8. The highest BCUT2D eigenvalue weighted by atomic mass is 32.2. The maximum atomic E-state index is 11.4. The first-order chi connectivity index (χ1) is 9.60. The number of piperidine rings is 1. The van der Waals surface area contributed by atoms with Gasteiger partial charge in [0.25, 0.3) is 0 Å². The van der Waals surface area contributed by atoms with E-state index >= 15 is 0 Å². The molecule has 1 aromatic carbocycles. The molecule has 0 radical (unpaired) electrons. The molecule has 0 saturated carbocycles. The number of carboxylic acid groups (broad SMARTS) is 1. The van der Waals surface area contributed by atoms with Gasteiger partial charge in [-0.1, -0.05) is 13.8 Å². The van der Waals surface area contributed by atoms with Crippen molar-refractivity contribution < 1.29 is 18.3 Å². The lowest BCUT2D eigenvalue weighted by molar-refractivity contribution is 0.0697. The van der Waals surface area contributed by atoms with Crippen molar-refractivity contribution in [2.24, 2.45) is 10.6 Å². The summed E-state index contributed by atoms with van der Waals surface area (Å²) in [5, 5.41) is 14.4. The molecule has 1 aromatic rings. The second-order valence-corrected chi connectivity index (χ2v) is 7.74. The Balaban J connectivity index is 2.38. The number of primary sulfonamides is 1. The summed E-state index contributed by atoms with van der Waals surface area (Å²) < 4.78 is 22.7. The van der Waals surface area contributed by atoms with E-state index in [1.807, 2.05) is 4.90 Å². The Morgan fingerprint density at radius 3 is 2.33 bits per heavy atom. The van der Waals surface area contributed by atoms with Gasteiger partial charge in [0.2, 0.25) is 10.0 Å². The molecule has 2 rings (SSSR count). The number of aromatic carboxylic acids is 1. The van der Waals surface area contributed by atoms with Crippen molar-refractivity contribution in [1.29, 1.82) is 0 Å². The van der Waals surface area contributed by atoms with E-state index in [1.165, 1.54) is 12.1 Å². The summed E-state index contributed by atoms with van der Waals surface area (Å²) in [7, 11) is -3.91. The second kappa shape index (κ2) is 5.31. The minimum Gasteiger partial charge on any atom is -0.478 e. The zero-order valence-corrected chi connectivity index (χ0v) is 13.0. The molecule has 116 valence electrons. The quantitative estimate of drug-likeness (QED) is 0.884. The molecule has 7 heteroatoms. The molecule has 3 N–H and O–H groups in total. The summed E-state index contributed by atoms with van der Waals surface area (Å²) in [5.41, 5.74) is 0.770. The maximum Gasteiger partial charge on any atom is 0.337 e. The summed E-state index contributed by atoms with van der Waals surface area (Å²) >= 11 is 0. The van der Waals surface area contributed by atoms with Crippen LogP contribution in [0.15, 0.2) is 23.1 Å². The summed E-state index contributed by atoms with van der Waals surface area (Å²) in [6.45, 7) is 5.88. The van der Waals surface area contributed by atoms with Crippen molar-refractivity contribution >= 4 is 21.7 Å². The van der Waals surface area contributed by atoms with Gasteiger partial charge in [-0.15, -0.1) is 0 Å². The molecule has 0 unspecified atom stereocenters. The molecule has 0 aliphatic carbocycles. The highest BCUT2D eigenvalue weighted by molar-refractivity contribution is 7.89. The minimum atomic E-state index is -3.91. The number of nitrogens with zero attached hydrogens (tertiary/aromatic N) is 1. The monoisotopic (exact) mass is 312 g/mol. The molecule has 21 heavy (non-hydrogen) atoms. The van der Waals surface area contributed by atoms with Crippen molar-refractivity contribution in [2.75, 3.05) is 18.0 Å². The Labute approximate surface area is 124 Å². The molecule has 0 spiro atoms. The first kappa shape index (κ1) is 15.8. The van der Waals surface area contributed by atoms with Crippen LogP contribution < -0.4 is 10.0 Å². The summed E-state index contributed by atoms with van der Waals surface area (Å²) in [5.74, 6) is -1.15. The molecular formula is C14H20N2O4S. The Morgan fingerprint density at radius 1 is 1.29 bits per heavy atom. The Hall–Kier alpha value is -1.60. The average molecular weight is 312 g/mol. The van der Waals surface area contributed by atoms with Gasteiger partial charge < -0.3 is 10.0 Å². The Kier molecular flexibility index (Phi) is 3.99. The molecule has 0 atom stereocenters. The zero-order valence-electron chi connectivity index (χ0n) is 12.2. The van der Waals surface area contributed by atoms with E-state index in [4.69, 9.17) is 5.14 Å². The number of carboxylic acids is 1. The first-order valence-electron chi connectivity index (χ1n) is 6.75. The highest BCUT2D eigenvalue weighted by Gasteiger charge is 2.28. The summed E-state index contributed by atoms with van der Waals surface area (Å²) in [6.07, 6.45) is 1.92. The predicted molar refractivity (Wildman–Crippen MR) is 80.0 cm³/mol. The molecule has 1 aliphatic heterocycles. The lowest BCUT2D eigenvalue weighted by Crippen LogP contribution is -2.38. The van der Waals surface area contributed by atoms with Gasteiger partial charge in [-0.2, -0.15) is 0 Å². The highest BCUT2D eigenvalue weighted by Crippen LogP contribution is 2.34. The standard InChI is InChI=1S/C14H20N2O4S/c1-14(2)5-7-16(8-6-14)12-4-3-10(21(15,19)20)9-11(12)13(17)18/h3-4,9H,5-8H2,1-2H3,(H,17,18)(H2,15,19,20). The molecule has 0 amide bonds. The van der Waals surface area contributed by atoms with Crippen LogP contribution in [0.5, 0.6) is 0 Å². The number of hydrogen-bond donors (Lipinski definition) is 2. The molecule has 1 saturated heterocycles. The van der Waals surface area contributed by atoms with E-state index < -0.39 is 16.0 Å². The van der Waals surface area contributed by atoms with Crippen molar-refractivity contribution in [2.45, 2.75) is 31.6 Å². The minimum absolute atomic E-state index is 0.0266. The van der Waals surface area contributed by atoms with Gasteiger partial charge in [-0.25, -0.2) is 18.4 Å². The lowest BCUT2D eigenvalue weighted by atomic mass is 9.82. The number of anilines is 1. The van der Waals surface area contributed by atoms with Crippen molar-refractivity contribution in [3.63, 3.8) is 0 Å². The van der Waals surface area contributed by atoms with E-state index in [9.17, 15) is 18.3 Å². The van der Waals surface area contributed by atoms with E-state index in [2.05, 4.69) is 13.8 Å². The summed E-state index contributed by atoms with van der Waals surface area (Å²) in [6, 6.07) is 4.02. The van der Waals surface area contributed by atoms with Crippen LogP contribution in [0.25, 0.3) is 0 Å². The van der Waals surface area contributed by atoms with Crippen LogP contribution in [0.3, 0.4) is 0 Å². The Bertz CT molecular complexity index is 658. The van der Waals surface area contributed by atoms with Crippen molar-refractivity contribution in [3.8, 4) is 0 Å². The topological polar surface area (TPSA) is 101 Å². The fraction of sp³-hybridized carbons (Fsp3) is 0.500. The predicted octanol–water partition coefficient (Wildman–Crippen LogP) is 1.66. The number of sulfonamides is 1. The Morgan fingerprint density at radius 2 is 1.86 bits per heavy atom. The number of rotatable bonds is 3. The molecular weight excluding hydrogens is 292 g/mol. The fourth-order valence-corrected chi connectivity index (χ4v) is 3.03. The van der Waals surface area contributed by atoms with Crippen LogP contribution in [0.4, 0.5) is 5.69 Å². The number of carbonyl (C=O) groups is 1. The van der Waals surface area contributed by atoms with Crippen LogP contribution in [-0.4, -0.2) is 32.6 Å². The molecule has 6 nitrogen and oxygen atoms in total. The fourth-order valence-electron chi connectivity index (χ4n) is 2.49. The van der Waals surface area contributed by atoms with Crippen LogP contribution in [-0.2, 0) is 10.0 Å². The van der Waals surface area contributed by atoms with Crippen LogP contribution in [0, 0.1) is 5.41 Å². The second-order valence-electron chi connectivity index (χ2n) is 6.18. The first-order valence-corrected chi connectivity index (χ1v) is 8.30. The molecule has 1 heterocycles. The molecule has 1 fully saturated rings. The van der Waals surface area contributed by atoms with Gasteiger partial charge in [0.1, 0.15) is 0 Å². The third-order valence-electron chi connectivity index (χ3n) is 3.98. The van der Waals surface area contributed by atoms with Crippen molar-refractivity contribution in [1.82, 2.24) is 0 Å². The van der Waals surface area contributed by atoms with E-state index in [1.54, 1.807) is 0 Å². The lowest BCUT2D eigenvalue weighted by Gasteiger charge is -2.38. The van der Waals surface area contributed by atoms with Crippen LogP contribution in [0.2, 0.25) is 0 Å². The number of nitrogens with two attached hydrogens (primary N) is 1. The largest absolute Gasteiger partial charge is 0.478 e. The van der Waals surface area contributed by atoms with Gasteiger partial charge >= 0.3 is 5.97 Å². The molecule has 0 bridgehead atoms. The normalized spacial score (nSPS) is 18.5. The van der Waals surface area contributed by atoms with Crippen molar-refractivity contribution in [3.05, 3.63) is 23.8 Å². The SMILES string of the molecule is CC1(C)CCN(c2ccc(S(N)(=O)=O)cc2C(=O)O)CC1. The molecule has 0 aromatic heterocycles. The van der Waals surface area contributed by atoms with Gasteiger partial charge in [0, 0.05) is 13.1 Å². The third kappa shape index (κ3) is 3.54. The van der Waals surface area contributed by atoms with Gasteiger partial charge in [0.15, 0.2) is 0 Å². The average Bonchev–Trinajstić information content (AvgIpc) is 2.37.